The summed E-state index contributed by atoms with van der Waals surface area (Å²) in [5, 5.41) is 115. The van der Waals surface area contributed by atoms with Gasteiger partial charge < -0.3 is 84.6 Å². The van der Waals surface area contributed by atoms with Crippen LogP contribution in [0.25, 0.3) is 0 Å². The minimum Gasteiger partial charge on any atom is -0.432 e. The Balaban J connectivity index is 0.998. The summed E-state index contributed by atoms with van der Waals surface area (Å²) in [5.41, 5.74) is -0.613. The number of ether oxygens (including phenoxy) is 6. The molecule has 0 spiro atoms. The van der Waals surface area contributed by atoms with Crippen molar-refractivity contribution in [1.29, 1.82) is 0 Å². The highest BCUT2D eigenvalue weighted by Crippen LogP contribution is 2.76. The molecular formula is C48H78O18. The predicted octanol–water partition coefficient (Wildman–Crippen LogP) is 0.141. The maximum atomic E-state index is 14.7. The fourth-order valence-corrected chi connectivity index (χ4v) is 15.0. The summed E-state index contributed by atoms with van der Waals surface area (Å²) in [7, 11) is 0. The minimum atomic E-state index is -1.77. The lowest BCUT2D eigenvalue weighted by Crippen LogP contribution is -2.67. The molecule has 3 saturated heterocycles. The first-order valence-corrected chi connectivity index (χ1v) is 24.3. The monoisotopic (exact) mass is 943 g/mol. The number of hydrogen-bond acceptors (Lipinski definition) is 18. The molecule has 3 heterocycles. The van der Waals surface area contributed by atoms with Crippen molar-refractivity contribution in [2.75, 3.05) is 19.8 Å². The number of rotatable bonds is 9. The van der Waals surface area contributed by atoms with Crippen LogP contribution in [0.1, 0.15) is 113 Å². The SMILES string of the molecule is CC1(C)CCC2(C(=O)OC3OC(CO)C(O)C(O)C3O)CCC3(C)C(=CCC4C5(C)CCC(OC6OC(CO)C(OC7OC(CO)C(O)C(O)C7O)C(O)C6O)C(C)(C)C5CCC43C)C2C1. The molecule has 0 radical (unpaired) electrons. The van der Waals surface area contributed by atoms with E-state index in [0.717, 1.165) is 44.9 Å². The first-order chi connectivity index (χ1) is 30.9. The first kappa shape index (κ1) is 50.9. The number of esters is 1. The van der Waals surface area contributed by atoms with Gasteiger partial charge in [-0.25, -0.2) is 0 Å². The first-order valence-electron chi connectivity index (χ1n) is 24.3. The van der Waals surface area contributed by atoms with Crippen LogP contribution in [0.3, 0.4) is 0 Å². The Hall–Kier alpha value is -1.43. The Bertz CT molecular complexity index is 1790. The van der Waals surface area contributed by atoms with E-state index in [-0.39, 0.29) is 39.4 Å². The summed E-state index contributed by atoms with van der Waals surface area (Å²) in [6.45, 7) is 14.1. The van der Waals surface area contributed by atoms with Gasteiger partial charge in [-0.3, -0.25) is 4.79 Å². The number of aliphatic hydroxyl groups excluding tert-OH is 11. The van der Waals surface area contributed by atoms with Crippen LogP contribution in [-0.4, -0.2) is 180 Å². The van der Waals surface area contributed by atoms with Crippen molar-refractivity contribution < 1.29 is 89.4 Å². The largest absolute Gasteiger partial charge is 0.432 e. The zero-order valence-corrected chi connectivity index (χ0v) is 39.5. The van der Waals surface area contributed by atoms with Gasteiger partial charge in [0.25, 0.3) is 0 Å². The van der Waals surface area contributed by atoms with Gasteiger partial charge in [0.1, 0.15) is 73.2 Å². The predicted molar refractivity (Wildman–Crippen MR) is 230 cm³/mol. The molecule has 0 aromatic rings. The molecule has 11 N–H and O–H groups in total. The molecular weight excluding hydrogens is 865 g/mol. The molecule has 8 aliphatic rings. The number of allylic oxidation sites excluding steroid dienone is 2. The summed E-state index contributed by atoms with van der Waals surface area (Å²) in [6.07, 6.45) is -13.5. The Morgan fingerprint density at radius 1 is 0.606 bits per heavy atom. The third-order valence-corrected chi connectivity index (χ3v) is 19.3. The van der Waals surface area contributed by atoms with Gasteiger partial charge >= 0.3 is 5.97 Å². The minimum absolute atomic E-state index is 0.0540. The molecule has 23 atom stereocenters. The summed E-state index contributed by atoms with van der Waals surface area (Å²) < 4.78 is 35.6. The quantitative estimate of drug-likeness (QED) is 0.0833. The fraction of sp³-hybridized carbons (Fsp3) is 0.938. The summed E-state index contributed by atoms with van der Waals surface area (Å²) in [6, 6.07) is 0. The summed E-state index contributed by atoms with van der Waals surface area (Å²) in [5.74, 6) is -0.157. The van der Waals surface area contributed by atoms with Crippen LogP contribution in [-0.2, 0) is 33.2 Å². The van der Waals surface area contributed by atoms with Crippen LogP contribution < -0.4 is 0 Å². The number of fused-ring (bicyclic) bond motifs is 7. The topological polar surface area (TPSA) is 295 Å². The molecule has 378 valence electrons. The fourth-order valence-electron chi connectivity index (χ4n) is 15.0. The van der Waals surface area contributed by atoms with Crippen LogP contribution in [0.2, 0.25) is 0 Å². The van der Waals surface area contributed by atoms with Crippen LogP contribution in [0.15, 0.2) is 11.6 Å². The molecule has 66 heavy (non-hydrogen) atoms. The molecule has 4 saturated carbocycles. The number of hydrogen-bond donors (Lipinski definition) is 11. The summed E-state index contributed by atoms with van der Waals surface area (Å²) >= 11 is 0. The molecule has 23 unspecified atom stereocenters. The van der Waals surface area contributed by atoms with Crippen molar-refractivity contribution >= 4 is 5.97 Å². The van der Waals surface area contributed by atoms with E-state index in [9.17, 15) is 61.0 Å². The van der Waals surface area contributed by atoms with Gasteiger partial charge in [-0.2, -0.15) is 0 Å². The van der Waals surface area contributed by atoms with E-state index in [0.29, 0.717) is 19.3 Å². The molecule has 0 aromatic heterocycles. The van der Waals surface area contributed by atoms with Gasteiger partial charge in [0.15, 0.2) is 12.6 Å². The zero-order chi connectivity index (χ0) is 48.3. The van der Waals surface area contributed by atoms with Crippen LogP contribution in [0, 0.1) is 50.2 Å². The highest BCUT2D eigenvalue weighted by molar-refractivity contribution is 5.79. The Labute approximate surface area is 387 Å². The van der Waals surface area contributed by atoms with E-state index in [1.807, 2.05) is 0 Å². The Morgan fingerprint density at radius 2 is 1.15 bits per heavy atom. The molecule has 0 amide bonds. The second-order valence-electron chi connectivity index (χ2n) is 23.5. The van der Waals surface area contributed by atoms with Crippen LogP contribution >= 0.6 is 0 Å². The average molecular weight is 943 g/mol. The van der Waals surface area contributed by atoms with Crippen molar-refractivity contribution in [3.05, 3.63) is 11.6 Å². The second kappa shape index (κ2) is 18.0. The number of carbonyl (C=O) groups is 1. The Morgan fingerprint density at radius 3 is 1.77 bits per heavy atom. The lowest BCUT2D eigenvalue weighted by atomic mass is 9.33. The molecule has 7 fully saturated rings. The average Bonchev–Trinajstić information content (AvgIpc) is 3.27. The van der Waals surface area contributed by atoms with E-state index in [2.05, 4.69) is 54.5 Å². The highest BCUT2D eigenvalue weighted by atomic mass is 16.7. The van der Waals surface area contributed by atoms with E-state index in [1.165, 1.54) is 5.57 Å². The molecule has 3 aliphatic heterocycles. The van der Waals surface area contributed by atoms with Gasteiger partial charge in [0, 0.05) is 0 Å². The lowest BCUT2D eigenvalue weighted by Gasteiger charge is -2.71. The maximum absolute atomic E-state index is 14.7. The zero-order valence-electron chi connectivity index (χ0n) is 39.5. The van der Waals surface area contributed by atoms with Crippen LogP contribution in [0.4, 0.5) is 0 Å². The van der Waals surface area contributed by atoms with Gasteiger partial charge in [-0.1, -0.05) is 60.1 Å². The number of aliphatic hydroxyl groups is 11. The summed E-state index contributed by atoms with van der Waals surface area (Å²) in [4.78, 5) is 14.7. The third-order valence-electron chi connectivity index (χ3n) is 19.3. The number of carbonyl (C=O) groups excluding carboxylic acids is 1. The second-order valence-corrected chi connectivity index (χ2v) is 23.5. The lowest BCUT2D eigenvalue weighted by molar-refractivity contribution is -0.368. The van der Waals surface area contributed by atoms with Gasteiger partial charge in [0.05, 0.1) is 31.3 Å². The van der Waals surface area contributed by atoms with Gasteiger partial charge in [-0.15, -0.1) is 0 Å². The van der Waals surface area contributed by atoms with Crippen LogP contribution in [0.5, 0.6) is 0 Å². The van der Waals surface area contributed by atoms with Crippen molar-refractivity contribution in [2.24, 2.45) is 50.2 Å². The Kier molecular flexibility index (Phi) is 13.9. The molecule has 0 aromatic carbocycles. The van der Waals surface area contributed by atoms with Crippen molar-refractivity contribution in [1.82, 2.24) is 0 Å². The maximum Gasteiger partial charge on any atom is 0.315 e. The molecule has 8 rings (SSSR count). The molecule has 5 aliphatic carbocycles. The third kappa shape index (κ3) is 7.87. The normalized spacial score (nSPS) is 53.3. The molecule has 0 bridgehead atoms. The van der Waals surface area contributed by atoms with Gasteiger partial charge in [0.2, 0.25) is 6.29 Å². The molecule has 18 heteroatoms. The highest BCUT2D eigenvalue weighted by Gasteiger charge is 2.70. The van der Waals surface area contributed by atoms with Crippen molar-refractivity contribution in [3.8, 4) is 0 Å². The van der Waals surface area contributed by atoms with Crippen molar-refractivity contribution in [2.45, 2.75) is 211 Å². The van der Waals surface area contributed by atoms with E-state index in [4.69, 9.17) is 28.4 Å². The van der Waals surface area contributed by atoms with E-state index in [1.54, 1.807) is 0 Å². The van der Waals surface area contributed by atoms with Gasteiger partial charge in [-0.05, 0) is 109 Å². The standard InChI is InChI=1S/C48H78O18/c1-43(2)14-16-48(42(60)66-41-36(58)33(55)31(53)25(20-50)62-41)17-15-46(6)22(23(48)18-43)8-9-28-45(5)12-11-29(44(3,4)27(45)10-13-47(28,46)7)64-39-37(59)34(56)38(26(21-51)63-39)65-40-35(57)32(54)30(52)24(19-49)61-40/h8,23-41,49-59H,9-21H2,1-7H3. The van der Waals surface area contributed by atoms with E-state index < -0.39 is 135 Å². The van der Waals surface area contributed by atoms with E-state index >= 15 is 0 Å². The smallest absolute Gasteiger partial charge is 0.315 e. The van der Waals surface area contributed by atoms with Crippen molar-refractivity contribution in [3.63, 3.8) is 0 Å². The molecule has 18 nitrogen and oxygen atoms in total.